The van der Waals surface area contributed by atoms with Crippen LogP contribution in [0.1, 0.15) is 72.1 Å². The van der Waals surface area contributed by atoms with Crippen molar-refractivity contribution in [3.63, 3.8) is 0 Å². The number of hydrogen-bond donors (Lipinski definition) is 0. The fourth-order valence-electron chi connectivity index (χ4n) is 3.91. The Hall–Kier alpha value is -1.10. The number of hydrogen-bond acceptors (Lipinski definition) is 4. The molecule has 0 N–H and O–H groups in total. The molecule has 1 fully saturated rings. The highest BCUT2D eigenvalue weighted by molar-refractivity contribution is 5.79. The minimum atomic E-state index is -0.242. The zero-order valence-corrected chi connectivity index (χ0v) is 17.5. The average molecular weight is 369 g/mol. The van der Waals surface area contributed by atoms with E-state index in [9.17, 15) is 9.59 Å². The standard InChI is InChI=1S/C21H40N2O3/c1-5-8-9-18-10-12-19(13-11-18)21(25)23(15-14-20(24)26-4)17-16-22(6-2)7-3/h18-19H,5-17H2,1-4H3. The topological polar surface area (TPSA) is 49.9 Å². The van der Waals surface area contributed by atoms with Crippen LogP contribution in [0.15, 0.2) is 0 Å². The normalized spacial score (nSPS) is 20.2. The van der Waals surface area contributed by atoms with Crippen molar-refractivity contribution in [1.29, 1.82) is 0 Å². The lowest BCUT2D eigenvalue weighted by Crippen LogP contribution is -2.43. The lowest BCUT2D eigenvalue weighted by atomic mass is 9.79. The Bertz CT molecular complexity index is 402. The first-order valence-corrected chi connectivity index (χ1v) is 10.6. The van der Waals surface area contributed by atoms with E-state index >= 15 is 0 Å². The van der Waals surface area contributed by atoms with Crippen LogP contribution in [0.25, 0.3) is 0 Å². The number of methoxy groups -OCH3 is 1. The molecule has 1 aliphatic carbocycles. The molecule has 5 nitrogen and oxygen atoms in total. The van der Waals surface area contributed by atoms with Crippen molar-refractivity contribution < 1.29 is 14.3 Å². The van der Waals surface area contributed by atoms with E-state index in [2.05, 4.69) is 25.7 Å². The summed E-state index contributed by atoms with van der Waals surface area (Å²) in [5.41, 5.74) is 0. The number of nitrogens with zero attached hydrogens (tertiary/aromatic N) is 2. The second-order valence-corrected chi connectivity index (χ2v) is 7.54. The van der Waals surface area contributed by atoms with Gasteiger partial charge in [0.25, 0.3) is 0 Å². The van der Waals surface area contributed by atoms with E-state index in [4.69, 9.17) is 4.74 Å². The SMILES string of the molecule is CCCCC1CCC(C(=O)N(CCC(=O)OC)CCN(CC)CC)CC1. The Balaban J connectivity index is 2.57. The molecule has 152 valence electrons. The monoisotopic (exact) mass is 368 g/mol. The van der Waals surface area contributed by atoms with Gasteiger partial charge in [0.1, 0.15) is 0 Å². The molecule has 0 aromatic heterocycles. The molecule has 1 rings (SSSR count). The Labute approximate surface area is 160 Å². The van der Waals surface area contributed by atoms with Crippen molar-refractivity contribution in [2.45, 2.75) is 72.1 Å². The molecule has 0 atom stereocenters. The maximum Gasteiger partial charge on any atom is 0.307 e. The van der Waals surface area contributed by atoms with Crippen molar-refractivity contribution in [3.8, 4) is 0 Å². The van der Waals surface area contributed by atoms with E-state index in [1.807, 2.05) is 4.90 Å². The highest BCUT2D eigenvalue weighted by Crippen LogP contribution is 2.32. The van der Waals surface area contributed by atoms with Gasteiger partial charge in [-0.1, -0.05) is 40.0 Å². The zero-order valence-electron chi connectivity index (χ0n) is 17.5. The van der Waals surface area contributed by atoms with Crippen LogP contribution in [0, 0.1) is 11.8 Å². The maximum atomic E-state index is 13.1. The summed E-state index contributed by atoms with van der Waals surface area (Å²) in [6.45, 7) is 10.5. The van der Waals surface area contributed by atoms with Crippen LogP contribution < -0.4 is 0 Å². The summed E-state index contributed by atoms with van der Waals surface area (Å²) in [5.74, 6) is 0.948. The molecule has 1 aliphatic rings. The minimum Gasteiger partial charge on any atom is -0.469 e. The molecule has 0 unspecified atom stereocenters. The Kier molecular flexibility index (Phi) is 11.6. The van der Waals surface area contributed by atoms with Crippen LogP contribution in [-0.4, -0.2) is 61.5 Å². The van der Waals surface area contributed by atoms with E-state index in [0.29, 0.717) is 13.1 Å². The van der Waals surface area contributed by atoms with Crippen LogP contribution >= 0.6 is 0 Å². The predicted octanol–water partition coefficient (Wildman–Crippen LogP) is 3.72. The zero-order chi connectivity index (χ0) is 19.4. The largest absolute Gasteiger partial charge is 0.469 e. The van der Waals surface area contributed by atoms with Gasteiger partial charge in [-0.2, -0.15) is 0 Å². The van der Waals surface area contributed by atoms with Gasteiger partial charge >= 0.3 is 5.97 Å². The Morgan fingerprint density at radius 2 is 1.62 bits per heavy atom. The van der Waals surface area contributed by atoms with Crippen LogP contribution in [0.3, 0.4) is 0 Å². The van der Waals surface area contributed by atoms with Gasteiger partial charge in [-0.15, -0.1) is 0 Å². The van der Waals surface area contributed by atoms with Gasteiger partial charge in [0.15, 0.2) is 0 Å². The van der Waals surface area contributed by atoms with E-state index < -0.39 is 0 Å². The fourth-order valence-corrected chi connectivity index (χ4v) is 3.91. The third-order valence-corrected chi connectivity index (χ3v) is 5.87. The molecule has 0 saturated heterocycles. The van der Waals surface area contributed by atoms with Crippen LogP contribution in [-0.2, 0) is 14.3 Å². The summed E-state index contributed by atoms with van der Waals surface area (Å²) >= 11 is 0. The van der Waals surface area contributed by atoms with Crippen molar-refractivity contribution in [2.24, 2.45) is 11.8 Å². The summed E-state index contributed by atoms with van der Waals surface area (Å²) in [5, 5.41) is 0. The highest BCUT2D eigenvalue weighted by atomic mass is 16.5. The van der Waals surface area contributed by atoms with Gasteiger partial charge in [-0.25, -0.2) is 0 Å². The van der Waals surface area contributed by atoms with Gasteiger partial charge in [0.05, 0.1) is 13.5 Å². The van der Waals surface area contributed by atoms with E-state index in [-0.39, 0.29) is 24.2 Å². The predicted molar refractivity (Wildman–Crippen MR) is 106 cm³/mol. The maximum absolute atomic E-state index is 13.1. The fraction of sp³-hybridized carbons (Fsp3) is 0.905. The van der Waals surface area contributed by atoms with E-state index in [1.54, 1.807) is 0 Å². The number of amides is 1. The third kappa shape index (κ3) is 8.07. The van der Waals surface area contributed by atoms with E-state index in [1.165, 1.54) is 39.2 Å². The molecular formula is C21H40N2O3. The first-order valence-electron chi connectivity index (χ1n) is 10.6. The van der Waals surface area contributed by atoms with Crippen LogP contribution in [0.4, 0.5) is 0 Å². The number of rotatable bonds is 12. The summed E-state index contributed by atoms with van der Waals surface area (Å²) in [7, 11) is 1.40. The molecule has 0 aromatic carbocycles. The van der Waals surface area contributed by atoms with Gasteiger partial charge in [0, 0.05) is 25.6 Å². The second-order valence-electron chi connectivity index (χ2n) is 7.54. The first-order chi connectivity index (χ1) is 12.5. The van der Waals surface area contributed by atoms with Gasteiger partial charge < -0.3 is 14.5 Å². The molecule has 0 spiro atoms. The molecule has 1 saturated carbocycles. The van der Waals surface area contributed by atoms with Crippen molar-refractivity contribution >= 4 is 11.9 Å². The van der Waals surface area contributed by atoms with Crippen LogP contribution in [0.2, 0.25) is 0 Å². The second kappa shape index (κ2) is 13.1. The van der Waals surface area contributed by atoms with E-state index in [0.717, 1.165) is 38.4 Å². The van der Waals surface area contributed by atoms with Crippen molar-refractivity contribution in [2.75, 3.05) is 39.8 Å². The number of esters is 1. The molecule has 0 aliphatic heterocycles. The molecule has 26 heavy (non-hydrogen) atoms. The van der Waals surface area contributed by atoms with Crippen LogP contribution in [0.5, 0.6) is 0 Å². The Morgan fingerprint density at radius 3 is 2.15 bits per heavy atom. The van der Waals surface area contributed by atoms with Gasteiger partial charge in [-0.05, 0) is 44.7 Å². The number of carbonyl (C=O) groups is 2. The number of likely N-dealkylation sites (N-methyl/N-ethyl adjacent to an activating group) is 1. The number of carbonyl (C=O) groups excluding carboxylic acids is 2. The molecule has 0 aromatic rings. The van der Waals surface area contributed by atoms with Crippen molar-refractivity contribution in [3.05, 3.63) is 0 Å². The molecule has 5 heteroatoms. The highest BCUT2D eigenvalue weighted by Gasteiger charge is 2.29. The Morgan fingerprint density at radius 1 is 0.962 bits per heavy atom. The summed E-state index contributed by atoms with van der Waals surface area (Å²) in [4.78, 5) is 28.8. The summed E-state index contributed by atoms with van der Waals surface area (Å²) < 4.78 is 4.76. The number of ether oxygens (including phenoxy) is 1. The lowest BCUT2D eigenvalue weighted by molar-refractivity contribution is -0.142. The summed E-state index contributed by atoms with van der Waals surface area (Å²) in [6.07, 6.45) is 8.52. The smallest absolute Gasteiger partial charge is 0.307 e. The molecule has 0 heterocycles. The number of unbranched alkanes of at least 4 members (excludes halogenated alkanes) is 1. The molecule has 1 amide bonds. The van der Waals surface area contributed by atoms with Crippen molar-refractivity contribution in [1.82, 2.24) is 9.80 Å². The molecule has 0 bridgehead atoms. The quantitative estimate of drug-likeness (QED) is 0.493. The lowest BCUT2D eigenvalue weighted by Gasteiger charge is -2.33. The molecule has 0 radical (unpaired) electrons. The van der Waals surface area contributed by atoms with Gasteiger partial charge in [-0.3, -0.25) is 9.59 Å². The van der Waals surface area contributed by atoms with Gasteiger partial charge in [0.2, 0.25) is 5.91 Å². The minimum absolute atomic E-state index is 0.141. The summed E-state index contributed by atoms with van der Waals surface area (Å²) in [6, 6.07) is 0. The third-order valence-electron chi connectivity index (χ3n) is 5.87. The average Bonchev–Trinajstić information content (AvgIpc) is 2.68. The first kappa shape index (κ1) is 22.9. The molecular weight excluding hydrogens is 328 g/mol.